The number of nitrogens with one attached hydrogen (secondary N) is 2. The second-order valence-electron chi connectivity index (χ2n) is 7.37. The molecule has 0 fully saturated rings. The number of ether oxygens (including phenoxy) is 1. The van der Waals surface area contributed by atoms with Gasteiger partial charge < -0.3 is 20.3 Å². The Morgan fingerprint density at radius 2 is 1.85 bits per heavy atom. The number of benzene rings is 2. The molecule has 0 saturated carbocycles. The van der Waals surface area contributed by atoms with Gasteiger partial charge in [0.1, 0.15) is 17.4 Å². The molecule has 1 heterocycles. The van der Waals surface area contributed by atoms with Crippen LogP contribution in [-0.4, -0.2) is 48.4 Å². The molecule has 3 rings (SSSR count). The minimum atomic E-state index is -4.81. The summed E-state index contributed by atoms with van der Waals surface area (Å²) >= 11 is 6.10. The maximum atomic E-state index is 13.4. The van der Waals surface area contributed by atoms with Crippen molar-refractivity contribution in [2.45, 2.75) is 12.8 Å². The molecule has 0 radical (unpaired) electrons. The number of anilines is 3. The van der Waals surface area contributed by atoms with Crippen molar-refractivity contribution in [3.8, 4) is 17.0 Å². The zero-order valence-corrected chi connectivity index (χ0v) is 18.6. The predicted octanol–water partition coefficient (Wildman–Crippen LogP) is 5.94. The number of halogens is 5. The van der Waals surface area contributed by atoms with E-state index in [0.29, 0.717) is 29.3 Å². The molecule has 33 heavy (non-hydrogen) atoms. The van der Waals surface area contributed by atoms with E-state index in [1.807, 2.05) is 19.0 Å². The van der Waals surface area contributed by atoms with E-state index in [9.17, 15) is 17.6 Å². The molecule has 2 aromatic carbocycles. The van der Waals surface area contributed by atoms with E-state index < -0.39 is 12.2 Å². The van der Waals surface area contributed by atoms with Crippen LogP contribution in [0.4, 0.5) is 35.0 Å². The Morgan fingerprint density at radius 1 is 1.06 bits per heavy atom. The number of aromatic nitrogens is 2. The van der Waals surface area contributed by atoms with Gasteiger partial charge in [-0.1, -0.05) is 23.7 Å². The fraction of sp³-hybridized carbons (Fsp3) is 0.273. The summed E-state index contributed by atoms with van der Waals surface area (Å²) in [6, 6.07) is 10.9. The Balaban J connectivity index is 1.92. The van der Waals surface area contributed by atoms with Crippen molar-refractivity contribution in [1.29, 1.82) is 0 Å². The van der Waals surface area contributed by atoms with Gasteiger partial charge in [-0.05, 0) is 57.4 Å². The van der Waals surface area contributed by atoms with Gasteiger partial charge in [-0.2, -0.15) is 4.98 Å². The van der Waals surface area contributed by atoms with E-state index in [2.05, 4.69) is 25.3 Å². The molecule has 11 heteroatoms. The lowest BCUT2D eigenvalue weighted by Crippen LogP contribution is -2.17. The molecule has 0 amide bonds. The highest BCUT2D eigenvalue weighted by Gasteiger charge is 2.31. The van der Waals surface area contributed by atoms with E-state index in [0.717, 1.165) is 19.0 Å². The minimum absolute atomic E-state index is 0.149. The van der Waals surface area contributed by atoms with Crippen molar-refractivity contribution in [2.24, 2.45) is 0 Å². The van der Waals surface area contributed by atoms with Gasteiger partial charge in [-0.3, -0.25) is 0 Å². The monoisotopic (exact) mass is 483 g/mol. The van der Waals surface area contributed by atoms with Crippen molar-refractivity contribution < 1.29 is 22.3 Å². The average molecular weight is 484 g/mol. The molecule has 0 bridgehead atoms. The Kier molecular flexibility index (Phi) is 7.93. The molecule has 0 atom stereocenters. The fourth-order valence-electron chi connectivity index (χ4n) is 2.92. The Bertz CT molecular complexity index is 1090. The third kappa shape index (κ3) is 7.76. The first-order chi connectivity index (χ1) is 15.6. The van der Waals surface area contributed by atoms with Gasteiger partial charge in [0, 0.05) is 18.2 Å². The lowest BCUT2D eigenvalue weighted by molar-refractivity contribution is -0.274. The summed E-state index contributed by atoms with van der Waals surface area (Å²) in [5.41, 5.74) is 1.16. The second-order valence-corrected chi connectivity index (χ2v) is 7.78. The Hall–Kier alpha value is -3.11. The lowest BCUT2D eigenvalue weighted by atomic mass is 10.1. The Labute approximate surface area is 193 Å². The molecule has 0 aliphatic heterocycles. The summed E-state index contributed by atoms with van der Waals surface area (Å²) in [7, 11) is 3.92. The molecule has 176 valence electrons. The van der Waals surface area contributed by atoms with E-state index in [1.54, 1.807) is 12.1 Å². The first kappa shape index (κ1) is 24.5. The van der Waals surface area contributed by atoms with Crippen LogP contribution in [0.5, 0.6) is 5.75 Å². The van der Waals surface area contributed by atoms with E-state index in [1.165, 1.54) is 30.3 Å². The van der Waals surface area contributed by atoms with Crippen molar-refractivity contribution in [3.05, 3.63) is 59.4 Å². The third-order valence-corrected chi connectivity index (χ3v) is 4.66. The summed E-state index contributed by atoms with van der Waals surface area (Å²) < 4.78 is 55.3. The topological polar surface area (TPSA) is 62.3 Å². The van der Waals surface area contributed by atoms with Gasteiger partial charge in [0.2, 0.25) is 5.95 Å². The molecule has 0 aliphatic carbocycles. The van der Waals surface area contributed by atoms with Crippen LogP contribution in [0.1, 0.15) is 6.42 Å². The third-order valence-electron chi connectivity index (χ3n) is 4.35. The van der Waals surface area contributed by atoms with Gasteiger partial charge in [-0.25, -0.2) is 9.37 Å². The summed E-state index contributed by atoms with van der Waals surface area (Å²) in [5.74, 6) is -0.256. The molecule has 1 aromatic heterocycles. The highest BCUT2D eigenvalue weighted by atomic mass is 35.5. The van der Waals surface area contributed by atoms with Gasteiger partial charge >= 0.3 is 6.36 Å². The molecule has 0 aliphatic rings. The number of alkyl halides is 3. The highest BCUT2D eigenvalue weighted by molar-refractivity contribution is 6.33. The minimum Gasteiger partial charge on any atom is -0.406 e. The van der Waals surface area contributed by atoms with Crippen LogP contribution >= 0.6 is 11.6 Å². The van der Waals surface area contributed by atoms with Gasteiger partial charge in [0.05, 0.1) is 16.4 Å². The van der Waals surface area contributed by atoms with Crippen LogP contribution in [-0.2, 0) is 0 Å². The molecule has 0 unspecified atom stereocenters. The van der Waals surface area contributed by atoms with Crippen molar-refractivity contribution in [3.63, 3.8) is 0 Å². The van der Waals surface area contributed by atoms with Crippen LogP contribution in [0.2, 0.25) is 5.02 Å². The van der Waals surface area contributed by atoms with E-state index >= 15 is 0 Å². The van der Waals surface area contributed by atoms with Crippen molar-refractivity contribution in [1.82, 2.24) is 14.9 Å². The molecule has 6 nitrogen and oxygen atoms in total. The fourth-order valence-corrected chi connectivity index (χ4v) is 3.13. The van der Waals surface area contributed by atoms with Crippen molar-refractivity contribution >= 4 is 29.1 Å². The first-order valence-electron chi connectivity index (χ1n) is 9.95. The SMILES string of the molecule is CN(C)CCCNc1nc(Nc2ccc(F)cc2Cl)cc(-c2cccc(OC(F)(F)F)c2)n1. The van der Waals surface area contributed by atoms with E-state index in [4.69, 9.17) is 11.6 Å². The number of nitrogens with zero attached hydrogens (tertiary/aromatic N) is 3. The maximum Gasteiger partial charge on any atom is 0.573 e. The lowest BCUT2D eigenvalue weighted by Gasteiger charge is -2.14. The van der Waals surface area contributed by atoms with Crippen molar-refractivity contribution in [2.75, 3.05) is 37.8 Å². The molecule has 0 saturated heterocycles. The standard InChI is InChI=1S/C22H22ClF4N5O/c1-32(2)10-4-9-28-21-30-19(14-5-3-6-16(11-14)33-22(25,26)27)13-20(31-21)29-18-8-7-15(24)12-17(18)23/h3,5-8,11-13H,4,9-10H2,1-2H3,(H2,28,29,30,31). The van der Waals surface area contributed by atoms with Gasteiger partial charge in [-0.15, -0.1) is 13.2 Å². The molecule has 2 N–H and O–H groups in total. The summed E-state index contributed by atoms with van der Waals surface area (Å²) in [5, 5.41) is 6.27. The molecular weight excluding hydrogens is 462 g/mol. The summed E-state index contributed by atoms with van der Waals surface area (Å²) in [6.45, 7) is 1.43. The normalized spacial score (nSPS) is 11.5. The van der Waals surface area contributed by atoms with Crippen LogP contribution < -0.4 is 15.4 Å². The number of rotatable bonds is 9. The Morgan fingerprint density at radius 3 is 2.55 bits per heavy atom. The largest absolute Gasteiger partial charge is 0.573 e. The van der Waals surface area contributed by atoms with Crippen LogP contribution in [0, 0.1) is 5.82 Å². The quantitative estimate of drug-likeness (QED) is 0.290. The number of hydrogen-bond acceptors (Lipinski definition) is 6. The average Bonchev–Trinajstić information content (AvgIpc) is 2.72. The smallest absolute Gasteiger partial charge is 0.406 e. The molecule has 0 spiro atoms. The van der Waals surface area contributed by atoms with Crippen LogP contribution in [0.15, 0.2) is 48.5 Å². The number of hydrogen-bond donors (Lipinski definition) is 2. The summed E-state index contributed by atoms with van der Waals surface area (Å²) in [6.07, 6.45) is -3.99. The highest BCUT2D eigenvalue weighted by Crippen LogP contribution is 2.30. The van der Waals surface area contributed by atoms with Crippen LogP contribution in [0.25, 0.3) is 11.3 Å². The second kappa shape index (κ2) is 10.7. The maximum absolute atomic E-state index is 13.4. The molecule has 3 aromatic rings. The van der Waals surface area contributed by atoms with E-state index in [-0.39, 0.29) is 16.7 Å². The first-order valence-corrected chi connectivity index (χ1v) is 10.3. The summed E-state index contributed by atoms with van der Waals surface area (Å²) in [4.78, 5) is 10.9. The molecular formula is C22H22ClF4N5O. The van der Waals surface area contributed by atoms with Gasteiger partial charge in [0.25, 0.3) is 0 Å². The predicted molar refractivity (Wildman–Crippen MR) is 121 cm³/mol. The van der Waals surface area contributed by atoms with Gasteiger partial charge in [0.15, 0.2) is 0 Å². The zero-order chi connectivity index (χ0) is 24.0. The zero-order valence-electron chi connectivity index (χ0n) is 17.9. The van der Waals surface area contributed by atoms with Crippen LogP contribution in [0.3, 0.4) is 0 Å².